The molecule has 4 aromatic rings. The monoisotopic (exact) mass is 548 g/mol. The number of ether oxygens (including phenoxy) is 2. The third kappa shape index (κ3) is 5.46. The van der Waals surface area contributed by atoms with Crippen LogP contribution in [0.1, 0.15) is 40.6 Å². The van der Waals surface area contributed by atoms with Crippen molar-refractivity contribution in [2.45, 2.75) is 37.8 Å². The molecule has 196 valence electrons. The summed E-state index contributed by atoms with van der Waals surface area (Å²) >= 11 is 2.77. The van der Waals surface area contributed by atoms with Gasteiger partial charge in [0.1, 0.15) is 10.8 Å². The summed E-state index contributed by atoms with van der Waals surface area (Å²) in [5, 5.41) is 13.0. The van der Waals surface area contributed by atoms with Gasteiger partial charge in [0.15, 0.2) is 11.0 Å². The number of anilines is 1. The van der Waals surface area contributed by atoms with Crippen molar-refractivity contribution in [3.05, 3.63) is 70.6 Å². The van der Waals surface area contributed by atoms with Gasteiger partial charge in [-0.1, -0.05) is 42.1 Å². The van der Waals surface area contributed by atoms with Crippen LogP contribution in [-0.4, -0.2) is 46.1 Å². The molecule has 2 aromatic carbocycles. The number of thioether (sulfide) groups is 1. The van der Waals surface area contributed by atoms with E-state index in [1.54, 1.807) is 14.0 Å². The van der Waals surface area contributed by atoms with E-state index in [1.165, 1.54) is 23.1 Å². The molecule has 0 radical (unpaired) electrons. The minimum absolute atomic E-state index is 0.105. The maximum absolute atomic E-state index is 13.1. The molecular formula is C28H28N4O4S2. The summed E-state index contributed by atoms with van der Waals surface area (Å²) in [5.74, 6) is 0.932. The second kappa shape index (κ2) is 11.8. The Balaban J connectivity index is 1.39. The summed E-state index contributed by atoms with van der Waals surface area (Å²) in [7, 11) is 1.63. The van der Waals surface area contributed by atoms with E-state index in [9.17, 15) is 9.59 Å². The van der Waals surface area contributed by atoms with Crippen molar-refractivity contribution in [1.82, 2.24) is 14.8 Å². The molecule has 1 N–H and O–H groups in total. The molecule has 1 aliphatic rings. The van der Waals surface area contributed by atoms with Crippen LogP contribution in [0.3, 0.4) is 0 Å². The number of hydrogen-bond acceptors (Lipinski definition) is 8. The van der Waals surface area contributed by atoms with Gasteiger partial charge in [-0.25, -0.2) is 4.79 Å². The van der Waals surface area contributed by atoms with Crippen molar-refractivity contribution in [1.29, 1.82) is 0 Å². The number of benzene rings is 2. The predicted molar refractivity (Wildman–Crippen MR) is 150 cm³/mol. The number of aromatic nitrogens is 3. The number of fused-ring (bicyclic) bond motifs is 1. The number of aryl methyl sites for hydroxylation is 1. The van der Waals surface area contributed by atoms with Crippen LogP contribution >= 0.6 is 23.1 Å². The Kier molecular flexibility index (Phi) is 8.09. The topological polar surface area (TPSA) is 95.3 Å². The fourth-order valence-corrected chi connectivity index (χ4v) is 6.51. The highest BCUT2D eigenvalue weighted by atomic mass is 32.2. The van der Waals surface area contributed by atoms with Crippen molar-refractivity contribution in [2.24, 2.45) is 0 Å². The van der Waals surface area contributed by atoms with E-state index in [2.05, 4.69) is 15.5 Å². The van der Waals surface area contributed by atoms with Crippen molar-refractivity contribution in [3.8, 4) is 22.8 Å². The lowest BCUT2D eigenvalue weighted by Gasteiger charge is -2.12. The van der Waals surface area contributed by atoms with Crippen molar-refractivity contribution in [2.75, 3.05) is 24.8 Å². The summed E-state index contributed by atoms with van der Waals surface area (Å²) < 4.78 is 12.6. The molecule has 2 heterocycles. The molecule has 10 heteroatoms. The van der Waals surface area contributed by atoms with Crippen molar-refractivity contribution in [3.63, 3.8) is 0 Å². The van der Waals surface area contributed by atoms with Gasteiger partial charge in [-0.3, -0.25) is 9.36 Å². The lowest BCUT2D eigenvalue weighted by Crippen LogP contribution is -2.17. The van der Waals surface area contributed by atoms with Crippen LogP contribution in [0.4, 0.5) is 5.00 Å². The standard InChI is InChI=1S/C28H28N4O4S2/c1-3-36-27(34)24-21-11-7-8-12-22(21)38-26(24)29-23(33)17-37-28-31-30-25(18-9-5-4-6-10-18)32(28)19-13-15-20(35-2)16-14-19/h4-6,9-10,13-16H,3,7-8,11-12,17H2,1-2H3,(H,29,33). The third-order valence-corrected chi connectivity index (χ3v) is 8.37. The van der Waals surface area contributed by atoms with Crippen LogP contribution in [0.15, 0.2) is 59.8 Å². The maximum Gasteiger partial charge on any atom is 0.341 e. The average Bonchev–Trinajstić information content (AvgIpc) is 3.54. The van der Waals surface area contributed by atoms with Gasteiger partial charge in [-0.15, -0.1) is 21.5 Å². The van der Waals surface area contributed by atoms with E-state index in [0.29, 0.717) is 21.5 Å². The van der Waals surface area contributed by atoms with Gasteiger partial charge in [0.2, 0.25) is 5.91 Å². The molecule has 8 nitrogen and oxygen atoms in total. The molecule has 5 rings (SSSR count). The summed E-state index contributed by atoms with van der Waals surface area (Å²) in [4.78, 5) is 27.0. The third-order valence-electron chi connectivity index (χ3n) is 6.23. The smallest absolute Gasteiger partial charge is 0.341 e. The summed E-state index contributed by atoms with van der Waals surface area (Å²) in [6, 6.07) is 17.4. The fourth-order valence-electron chi connectivity index (χ4n) is 4.47. The molecule has 0 spiro atoms. The lowest BCUT2D eigenvalue weighted by atomic mass is 9.95. The van der Waals surface area contributed by atoms with Gasteiger partial charge < -0.3 is 14.8 Å². The van der Waals surface area contributed by atoms with Crippen LogP contribution in [0.2, 0.25) is 0 Å². The number of carbonyl (C=O) groups is 2. The first-order chi connectivity index (χ1) is 18.6. The number of hydrogen-bond donors (Lipinski definition) is 1. The molecule has 1 amide bonds. The van der Waals surface area contributed by atoms with Gasteiger partial charge in [0, 0.05) is 16.1 Å². The molecule has 0 saturated carbocycles. The molecular weight excluding hydrogens is 520 g/mol. The molecule has 1 aliphatic carbocycles. The summed E-state index contributed by atoms with van der Waals surface area (Å²) in [6.45, 7) is 2.08. The Hall–Kier alpha value is -3.63. The van der Waals surface area contributed by atoms with E-state index in [4.69, 9.17) is 9.47 Å². The lowest BCUT2D eigenvalue weighted by molar-refractivity contribution is -0.113. The number of nitrogens with zero attached hydrogens (tertiary/aromatic N) is 3. The Labute approximate surface area is 229 Å². The first-order valence-electron chi connectivity index (χ1n) is 12.5. The van der Waals surface area contributed by atoms with E-state index in [1.807, 2.05) is 59.2 Å². The van der Waals surface area contributed by atoms with Gasteiger partial charge in [-0.2, -0.15) is 0 Å². The minimum Gasteiger partial charge on any atom is -0.497 e. The summed E-state index contributed by atoms with van der Waals surface area (Å²) in [5.41, 5.74) is 3.30. The normalized spacial score (nSPS) is 12.6. The number of amides is 1. The molecule has 38 heavy (non-hydrogen) atoms. The van der Waals surface area contributed by atoms with Gasteiger partial charge in [0.05, 0.1) is 25.0 Å². The fraction of sp³-hybridized carbons (Fsp3) is 0.286. The quantitative estimate of drug-likeness (QED) is 0.209. The van der Waals surface area contributed by atoms with Crippen molar-refractivity contribution < 1.29 is 19.1 Å². The van der Waals surface area contributed by atoms with Crippen LogP contribution in [-0.2, 0) is 22.4 Å². The molecule has 2 aromatic heterocycles. The van der Waals surface area contributed by atoms with Gasteiger partial charge >= 0.3 is 5.97 Å². The van der Waals surface area contributed by atoms with E-state index < -0.39 is 0 Å². The van der Waals surface area contributed by atoms with Crippen LogP contribution in [0.25, 0.3) is 17.1 Å². The number of thiophene rings is 1. The molecule has 0 aliphatic heterocycles. The van der Waals surface area contributed by atoms with E-state index in [0.717, 1.165) is 53.1 Å². The van der Waals surface area contributed by atoms with Crippen LogP contribution in [0.5, 0.6) is 5.75 Å². The number of nitrogens with one attached hydrogen (secondary N) is 1. The highest BCUT2D eigenvalue weighted by Crippen LogP contribution is 2.39. The predicted octanol–water partition coefficient (Wildman–Crippen LogP) is 5.79. The molecule has 0 fully saturated rings. The zero-order valence-electron chi connectivity index (χ0n) is 21.2. The van der Waals surface area contributed by atoms with Gasteiger partial charge in [0.25, 0.3) is 0 Å². The largest absolute Gasteiger partial charge is 0.497 e. The first-order valence-corrected chi connectivity index (χ1v) is 14.3. The molecule has 0 saturated heterocycles. The Morgan fingerprint density at radius 3 is 2.55 bits per heavy atom. The number of carbonyl (C=O) groups excluding carboxylic acids is 2. The highest BCUT2D eigenvalue weighted by Gasteiger charge is 2.27. The highest BCUT2D eigenvalue weighted by molar-refractivity contribution is 7.99. The van der Waals surface area contributed by atoms with E-state index >= 15 is 0 Å². The number of methoxy groups -OCH3 is 1. The van der Waals surface area contributed by atoms with E-state index in [-0.39, 0.29) is 24.2 Å². The van der Waals surface area contributed by atoms with Gasteiger partial charge in [-0.05, 0) is 62.4 Å². The maximum atomic E-state index is 13.1. The zero-order chi connectivity index (χ0) is 26.5. The van der Waals surface area contributed by atoms with Crippen molar-refractivity contribution >= 4 is 40.0 Å². The first kappa shape index (κ1) is 26.0. The molecule has 0 unspecified atom stereocenters. The summed E-state index contributed by atoms with van der Waals surface area (Å²) in [6.07, 6.45) is 3.87. The average molecular weight is 549 g/mol. The molecule has 0 bridgehead atoms. The Morgan fingerprint density at radius 1 is 1.05 bits per heavy atom. The zero-order valence-corrected chi connectivity index (χ0v) is 22.9. The number of esters is 1. The SMILES string of the molecule is CCOC(=O)c1c(NC(=O)CSc2nnc(-c3ccccc3)n2-c2ccc(OC)cc2)sc2c1CCCC2. The Bertz CT molecular complexity index is 1430. The minimum atomic E-state index is -0.374. The number of rotatable bonds is 9. The van der Waals surface area contributed by atoms with Crippen LogP contribution in [0, 0.1) is 0 Å². The van der Waals surface area contributed by atoms with Crippen LogP contribution < -0.4 is 10.1 Å². The Morgan fingerprint density at radius 2 is 1.82 bits per heavy atom. The second-order valence-corrected chi connectivity index (χ2v) is 10.7. The molecule has 0 atom stereocenters. The second-order valence-electron chi connectivity index (χ2n) is 8.68.